The molecule has 3 nitrogen and oxygen atoms in total. The molecule has 1 aliphatic heterocycles. The fraction of sp³-hybridized carbons (Fsp3) is 0.857. The minimum atomic E-state index is 0.398. The van der Waals surface area contributed by atoms with E-state index in [0.717, 1.165) is 19.6 Å². The first-order valence-electron chi connectivity index (χ1n) is 10.5. The molecule has 24 heavy (non-hydrogen) atoms. The second-order valence-corrected chi connectivity index (χ2v) is 7.12. The van der Waals surface area contributed by atoms with E-state index in [4.69, 9.17) is 5.73 Å². The molecule has 0 amide bonds. The van der Waals surface area contributed by atoms with Gasteiger partial charge >= 0.3 is 0 Å². The summed E-state index contributed by atoms with van der Waals surface area (Å²) < 4.78 is 0. The first-order chi connectivity index (χ1) is 11.9. The Morgan fingerprint density at radius 2 is 1.58 bits per heavy atom. The lowest BCUT2D eigenvalue weighted by molar-refractivity contribution is 0.242. The van der Waals surface area contributed by atoms with Gasteiger partial charge in [-0.15, -0.1) is 0 Å². The number of allylic oxidation sites excluding steroid dienone is 2. The van der Waals surface area contributed by atoms with Crippen LogP contribution in [0.1, 0.15) is 90.4 Å². The van der Waals surface area contributed by atoms with Crippen molar-refractivity contribution in [1.82, 2.24) is 4.90 Å². The van der Waals surface area contributed by atoms with Crippen molar-refractivity contribution < 1.29 is 0 Å². The minimum absolute atomic E-state index is 0.398. The van der Waals surface area contributed by atoms with Crippen molar-refractivity contribution >= 4 is 6.21 Å². The molecule has 0 aromatic heterocycles. The highest BCUT2D eigenvalue weighted by atomic mass is 15.3. The van der Waals surface area contributed by atoms with Gasteiger partial charge in [0.25, 0.3) is 0 Å². The Balaban J connectivity index is 1.84. The highest BCUT2D eigenvalue weighted by Gasteiger charge is 2.18. The summed E-state index contributed by atoms with van der Waals surface area (Å²) in [6.45, 7) is 4.98. The van der Waals surface area contributed by atoms with Crippen LogP contribution in [-0.4, -0.2) is 36.9 Å². The topological polar surface area (TPSA) is 41.6 Å². The van der Waals surface area contributed by atoms with E-state index in [2.05, 4.69) is 29.0 Å². The van der Waals surface area contributed by atoms with Crippen LogP contribution in [0.3, 0.4) is 0 Å². The first kappa shape index (κ1) is 21.4. The van der Waals surface area contributed by atoms with Crippen molar-refractivity contribution in [3.05, 3.63) is 12.2 Å². The zero-order valence-electron chi connectivity index (χ0n) is 16.1. The minimum Gasteiger partial charge on any atom is -0.329 e. The Hall–Kier alpha value is -0.670. The molecule has 0 fully saturated rings. The zero-order valence-corrected chi connectivity index (χ0v) is 16.1. The molecular weight excluding hydrogens is 294 g/mol. The van der Waals surface area contributed by atoms with Crippen LogP contribution in [0.5, 0.6) is 0 Å². The molecule has 1 atom stereocenters. The van der Waals surface area contributed by atoms with Gasteiger partial charge in [0.1, 0.15) is 6.17 Å². The van der Waals surface area contributed by atoms with E-state index in [0.29, 0.717) is 6.17 Å². The van der Waals surface area contributed by atoms with Crippen molar-refractivity contribution in [2.45, 2.75) is 96.6 Å². The molecule has 1 rings (SSSR count). The van der Waals surface area contributed by atoms with Crippen molar-refractivity contribution in [3.8, 4) is 0 Å². The molecule has 0 spiro atoms. The van der Waals surface area contributed by atoms with Crippen LogP contribution in [0.2, 0.25) is 0 Å². The monoisotopic (exact) mass is 335 g/mol. The van der Waals surface area contributed by atoms with E-state index in [9.17, 15) is 0 Å². The number of rotatable bonds is 16. The summed E-state index contributed by atoms with van der Waals surface area (Å²) in [5.74, 6) is 0. The quantitative estimate of drug-likeness (QED) is 0.307. The maximum Gasteiger partial charge on any atom is 0.102 e. The lowest BCUT2D eigenvalue weighted by atomic mass is 10.1. The third-order valence-electron chi connectivity index (χ3n) is 4.91. The van der Waals surface area contributed by atoms with Gasteiger partial charge in [0.05, 0.1) is 0 Å². The Bertz CT molecular complexity index is 325. The number of nitrogens with zero attached hydrogens (tertiary/aromatic N) is 2. The molecule has 0 aromatic carbocycles. The van der Waals surface area contributed by atoms with Gasteiger partial charge < -0.3 is 5.73 Å². The average molecular weight is 336 g/mol. The van der Waals surface area contributed by atoms with E-state index in [1.807, 2.05) is 6.21 Å². The molecular formula is C21H41N3. The van der Waals surface area contributed by atoms with Crippen molar-refractivity contribution in [2.24, 2.45) is 10.7 Å². The smallest absolute Gasteiger partial charge is 0.102 e. The number of hydrogen-bond acceptors (Lipinski definition) is 3. The normalized spacial score (nSPS) is 18.2. The highest BCUT2D eigenvalue weighted by Crippen LogP contribution is 2.14. The number of hydrogen-bond donors (Lipinski definition) is 1. The summed E-state index contributed by atoms with van der Waals surface area (Å²) in [5, 5.41) is 0. The summed E-state index contributed by atoms with van der Waals surface area (Å²) in [6, 6.07) is 0. The Morgan fingerprint density at radius 3 is 2.25 bits per heavy atom. The van der Waals surface area contributed by atoms with Gasteiger partial charge in [0.15, 0.2) is 0 Å². The van der Waals surface area contributed by atoms with E-state index in [1.165, 1.54) is 83.5 Å². The largest absolute Gasteiger partial charge is 0.329 e. The fourth-order valence-corrected chi connectivity index (χ4v) is 3.37. The van der Waals surface area contributed by atoms with E-state index >= 15 is 0 Å². The van der Waals surface area contributed by atoms with E-state index < -0.39 is 0 Å². The predicted octanol–water partition coefficient (Wildman–Crippen LogP) is 5.31. The van der Waals surface area contributed by atoms with Gasteiger partial charge in [0.2, 0.25) is 0 Å². The summed E-state index contributed by atoms with van der Waals surface area (Å²) >= 11 is 0. The Kier molecular flexibility index (Phi) is 14.1. The molecule has 140 valence electrons. The number of aliphatic imine (C=N–C) groups is 1. The molecule has 0 saturated carbocycles. The van der Waals surface area contributed by atoms with Gasteiger partial charge in [-0.1, -0.05) is 64.0 Å². The third-order valence-corrected chi connectivity index (χ3v) is 4.91. The Labute approximate surface area is 150 Å². The Morgan fingerprint density at radius 1 is 0.958 bits per heavy atom. The second kappa shape index (κ2) is 15.8. The van der Waals surface area contributed by atoms with Gasteiger partial charge in [0, 0.05) is 25.8 Å². The van der Waals surface area contributed by atoms with Crippen molar-refractivity contribution in [1.29, 1.82) is 0 Å². The fourth-order valence-electron chi connectivity index (χ4n) is 3.37. The molecule has 1 heterocycles. The molecule has 3 heteroatoms. The number of unbranched alkanes of at least 4 members (excludes halogenated alkanes) is 10. The first-order valence-corrected chi connectivity index (χ1v) is 10.5. The summed E-state index contributed by atoms with van der Waals surface area (Å²) in [6.07, 6.45) is 24.8. The molecule has 0 aromatic rings. The predicted molar refractivity (Wildman–Crippen MR) is 108 cm³/mol. The molecule has 2 N–H and O–H groups in total. The molecule has 0 radical (unpaired) electrons. The number of nitrogens with two attached hydrogens (primary N) is 1. The molecule has 0 bridgehead atoms. The van der Waals surface area contributed by atoms with Gasteiger partial charge in [-0.2, -0.15) is 0 Å². The SMILES string of the molecule is CCCCCCCCCC/C=C/CCCCC1N=CCN1CCN. The average Bonchev–Trinajstić information content (AvgIpc) is 3.03. The van der Waals surface area contributed by atoms with E-state index in [-0.39, 0.29) is 0 Å². The van der Waals surface area contributed by atoms with E-state index in [1.54, 1.807) is 0 Å². The summed E-state index contributed by atoms with van der Waals surface area (Å²) in [5.41, 5.74) is 5.64. The van der Waals surface area contributed by atoms with Crippen LogP contribution >= 0.6 is 0 Å². The van der Waals surface area contributed by atoms with Crippen molar-refractivity contribution in [2.75, 3.05) is 19.6 Å². The maximum atomic E-state index is 5.64. The zero-order chi connectivity index (χ0) is 17.3. The van der Waals surface area contributed by atoms with Crippen molar-refractivity contribution in [3.63, 3.8) is 0 Å². The second-order valence-electron chi connectivity index (χ2n) is 7.12. The maximum absolute atomic E-state index is 5.64. The summed E-state index contributed by atoms with van der Waals surface area (Å²) in [7, 11) is 0. The molecule has 0 aliphatic carbocycles. The third kappa shape index (κ3) is 11.0. The molecule has 1 unspecified atom stereocenters. The standard InChI is InChI=1S/C21H41N3/c1-2-3-4-5-6-7-8-9-10-11-12-13-14-15-16-21-23-18-20-24(21)19-17-22/h11-12,18,21H,2-10,13-17,19-20,22H2,1H3/b12-11+. The van der Waals surface area contributed by atoms with Crippen LogP contribution in [0.25, 0.3) is 0 Å². The van der Waals surface area contributed by atoms with Gasteiger partial charge in [-0.3, -0.25) is 9.89 Å². The highest BCUT2D eigenvalue weighted by molar-refractivity contribution is 5.62. The molecule has 0 saturated heterocycles. The molecule has 1 aliphatic rings. The van der Waals surface area contributed by atoms with Crippen LogP contribution in [-0.2, 0) is 0 Å². The van der Waals surface area contributed by atoms with Gasteiger partial charge in [-0.25, -0.2) is 0 Å². The lowest BCUT2D eigenvalue weighted by Crippen LogP contribution is -2.34. The van der Waals surface area contributed by atoms with Crippen LogP contribution in [0.4, 0.5) is 0 Å². The van der Waals surface area contributed by atoms with Gasteiger partial charge in [-0.05, 0) is 38.5 Å². The van der Waals surface area contributed by atoms with Crippen LogP contribution in [0, 0.1) is 0 Å². The lowest BCUT2D eigenvalue weighted by Gasteiger charge is -2.21. The van der Waals surface area contributed by atoms with Crippen LogP contribution in [0.15, 0.2) is 17.1 Å². The summed E-state index contributed by atoms with van der Waals surface area (Å²) in [4.78, 5) is 6.95. The van der Waals surface area contributed by atoms with Crippen LogP contribution < -0.4 is 5.73 Å².